The van der Waals surface area contributed by atoms with Crippen molar-refractivity contribution in [3.8, 4) is 0 Å². The van der Waals surface area contributed by atoms with E-state index in [1.165, 1.54) is 0 Å². The lowest BCUT2D eigenvalue weighted by Gasteiger charge is -2.20. The van der Waals surface area contributed by atoms with E-state index in [2.05, 4.69) is 0 Å². The Morgan fingerprint density at radius 2 is 2.11 bits per heavy atom. The number of carbonyl (C=O) groups excluding carboxylic acids is 1. The second-order valence-electron chi connectivity index (χ2n) is 5.34. The van der Waals surface area contributed by atoms with E-state index in [4.69, 9.17) is 9.47 Å². The molecular weight excluding hydrogens is 244 g/mol. The number of rotatable bonds is 5. The zero-order valence-corrected chi connectivity index (χ0v) is 11.3. The number of hydrogen-bond donors (Lipinski definition) is 1. The molecule has 0 bridgehead atoms. The van der Waals surface area contributed by atoms with Crippen molar-refractivity contribution < 1.29 is 19.4 Å². The molecule has 1 aliphatic rings. The lowest BCUT2D eigenvalue weighted by molar-refractivity contribution is -0.153. The van der Waals surface area contributed by atoms with Gasteiger partial charge in [-0.25, -0.2) is 0 Å². The van der Waals surface area contributed by atoms with Crippen LogP contribution in [0.3, 0.4) is 0 Å². The Kier molecular flexibility index (Phi) is 4.34. The smallest absolute Gasteiger partial charge is 0.163 e. The molecule has 104 valence electrons. The van der Waals surface area contributed by atoms with Crippen LogP contribution in [0.4, 0.5) is 0 Å². The molecule has 0 spiro atoms. The number of aliphatic hydroxyl groups excluding tert-OH is 1. The average Bonchev–Trinajstić information content (AvgIpc) is 2.71. The topological polar surface area (TPSA) is 55.8 Å². The maximum atomic E-state index is 11.9. The molecule has 1 heterocycles. The summed E-state index contributed by atoms with van der Waals surface area (Å²) in [6.45, 7) is 3.92. The molecule has 4 nitrogen and oxygen atoms in total. The van der Waals surface area contributed by atoms with E-state index in [9.17, 15) is 9.90 Å². The van der Waals surface area contributed by atoms with Gasteiger partial charge in [-0.15, -0.1) is 0 Å². The summed E-state index contributed by atoms with van der Waals surface area (Å²) in [5, 5.41) is 10.0. The Hall–Kier alpha value is -1.23. The van der Waals surface area contributed by atoms with Crippen LogP contribution in [0.25, 0.3) is 0 Å². The van der Waals surface area contributed by atoms with Crippen molar-refractivity contribution in [2.45, 2.75) is 44.7 Å². The van der Waals surface area contributed by atoms with Gasteiger partial charge in [0.1, 0.15) is 11.9 Å². The lowest BCUT2D eigenvalue weighted by atomic mass is 10.0. The lowest BCUT2D eigenvalue weighted by Crippen LogP contribution is -2.32. The predicted molar refractivity (Wildman–Crippen MR) is 70.7 cm³/mol. The molecule has 0 aliphatic carbocycles. The van der Waals surface area contributed by atoms with Gasteiger partial charge < -0.3 is 14.6 Å². The summed E-state index contributed by atoms with van der Waals surface area (Å²) in [4.78, 5) is 11.9. The van der Waals surface area contributed by atoms with Gasteiger partial charge in [0.05, 0.1) is 12.7 Å². The van der Waals surface area contributed by atoms with Crippen molar-refractivity contribution in [3.05, 3.63) is 35.9 Å². The summed E-state index contributed by atoms with van der Waals surface area (Å²) in [6.07, 6.45) is -0.791. The SMILES string of the molecule is CC1(C)OC[C@H]([C@H](O)CC(=O)Cc2ccccc2)O1. The fraction of sp³-hybridized carbons (Fsp3) is 0.533. The van der Waals surface area contributed by atoms with Gasteiger partial charge in [-0.2, -0.15) is 0 Å². The van der Waals surface area contributed by atoms with Crippen LogP contribution in [0, 0.1) is 0 Å². The molecule has 1 saturated heterocycles. The summed E-state index contributed by atoms with van der Waals surface area (Å²) in [7, 11) is 0. The summed E-state index contributed by atoms with van der Waals surface area (Å²) in [5.74, 6) is -0.666. The van der Waals surface area contributed by atoms with Crippen molar-refractivity contribution in [1.82, 2.24) is 0 Å². The number of hydrogen-bond acceptors (Lipinski definition) is 4. The molecule has 0 saturated carbocycles. The van der Waals surface area contributed by atoms with Crippen LogP contribution in [0.1, 0.15) is 25.8 Å². The fourth-order valence-electron chi connectivity index (χ4n) is 2.17. The van der Waals surface area contributed by atoms with Gasteiger partial charge in [-0.3, -0.25) is 4.79 Å². The third-order valence-electron chi connectivity index (χ3n) is 3.14. The van der Waals surface area contributed by atoms with Gasteiger partial charge in [-0.1, -0.05) is 30.3 Å². The number of ether oxygens (including phenoxy) is 2. The van der Waals surface area contributed by atoms with Crippen LogP contribution < -0.4 is 0 Å². The van der Waals surface area contributed by atoms with E-state index in [-0.39, 0.29) is 12.2 Å². The molecule has 0 radical (unpaired) electrons. The van der Waals surface area contributed by atoms with Crippen LogP contribution >= 0.6 is 0 Å². The molecular formula is C15H20O4. The molecule has 2 rings (SSSR count). The van der Waals surface area contributed by atoms with Crippen LogP contribution in [0.2, 0.25) is 0 Å². The Labute approximate surface area is 113 Å². The number of carbonyl (C=O) groups is 1. The van der Waals surface area contributed by atoms with E-state index < -0.39 is 18.0 Å². The minimum atomic E-state index is -0.807. The number of benzene rings is 1. The molecule has 1 aromatic carbocycles. The van der Waals surface area contributed by atoms with Gasteiger partial charge in [-0.05, 0) is 19.4 Å². The van der Waals surface area contributed by atoms with Gasteiger partial charge in [0.15, 0.2) is 5.79 Å². The Bertz CT molecular complexity index is 427. The summed E-state index contributed by atoms with van der Waals surface area (Å²) in [6, 6.07) is 9.52. The average molecular weight is 264 g/mol. The quantitative estimate of drug-likeness (QED) is 0.879. The van der Waals surface area contributed by atoms with E-state index in [0.717, 1.165) is 5.56 Å². The number of aliphatic hydroxyl groups is 1. The highest BCUT2D eigenvalue weighted by Crippen LogP contribution is 2.25. The van der Waals surface area contributed by atoms with Crippen molar-refractivity contribution >= 4 is 5.78 Å². The Morgan fingerprint density at radius 3 is 2.68 bits per heavy atom. The normalized spacial score (nSPS) is 23.2. The van der Waals surface area contributed by atoms with Crippen molar-refractivity contribution in [2.24, 2.45) is 0 Å². The first-order chi connectivity index (χ1) is 8.96. The third-order valence-corrected chi connectivity index (χ3v) is 3.14. The molecule has 2 atom stereocenters. The maximum Gasteiger partial charge on any atom is 0.163 e. The highest BCUT2D eigenvalue weighted by Gasteiger charge is 2.37. The standard InChI is InChI=1S/C15H20O4/c1-15(2)18-10-14(19-15)13(17)9-12(16)8-11-6-4-3-5-7-11/h3-7,13-14,17H,8-10H2,1-2H3/t13-,14-/m1/s1. The predicted octanol–water partition coefficient (Wildman–Crippen LogP) is 1.70. The van der Waals surface area contributed by atoms with Crippen LogP contribution in [0.5, 0.6) is 0 Å². The minimum Gasteiger partial charge on any atom is -0.390 e. The first-order valence-electron chi connectivity index (χ1n) is 6.52. The van der Waals surface area contributed by atoms with E-state index in [1.54, 1.807) is 13.8 Å². The van der Waals surface area contributed by atoms with Crippen LogP contribution in [0.15, 0.2) is 30.3 Å². The first kappa shape index (κ1) is 14.2. The molecule has 1 aromatic rings. The van der Waals surface area contributed by atoms with Crippen molar-refractivity contribution in [1.29, 1.82) is 0 Å². The van der Waals surface area contributed by atoms with E-state index in [1.807, 2.05) is 30.3 Å². The first-order valence-corrected chi connectivity index (χ1v) is 6.52. The Balaban J connectivity index is 1.82. The number of ketones is 1. The largest absolute Gasteiger partial charge is 0.390 e. The molecule has 4 heteroatoms. The van der Waals surface area contributed by atoms with Gasteiger partial charge in [0.2, 0.25) is 0 Å². The summed E-state index contributed by atoms with van der Waals surface area (Å²) < 4.78 is 10.9. The van der Waals surface area contributed by atoms with Crippen LogP contribution in [-0.4, -0.2) is 35.5 Å². The third kappa shape index (κ3) is 4.13. The summed E-state index contributed by atoms with van der Waals surface area (Å²) >= 11 is 0. The van der Waals surface area contributed by atoms with E-state index >= 15 is 0 Å². The molecule has 0 aromatic heterocycles. The van der Waals surface area contributed by atoms with Gasteiger partial charge in [0.25, 0.3) is 0 Å². The minimum absolute atomic E-state index is 0.00649. The molecule has 1 N–H and O–H groups in total. The molecule has 0 unspecified atom stereocenters. The van der Waals surface area contributed by atoms with Gasteiger partial charge in [0, 0.05) is 12.8 Å². The maximum absolute atomic E-state index is 11.9. The Morgan fingerprint density at radius 1 is 1.42 bits per heavy atom. The zero-order valence-electron chi connectivity index (χ0n) is 11.3. The number of Topliss-reactive ketones (excluding diaryl/α,β-unsaturated/α-hetero) is 1. The summed E-state index contributed by atoms with van der Waals surface area (Å²) in [5.41, 5.74) is 0.962. The molecule has 0 amide bonds. The van der Waals surface area contributed by atoms with Crippen molar-refractivity contribution in [3.63, 3.8) is 0 Å². The second-order valence-corrected chi connectivity index (χ2v) is 5.34. The highest BCUT2D eigenvalue weighted by molar-refractivity contribution is 5.81. The zero-order chi connectivity index (χ0) is 13.9. The van der Waals surface area contributed by atoms with Crippen LogP contribution in [-0.2, 0) is 20.7 Å². The second kappa shape index (κ2) is 5.82. The highest BCUT2D eigenvalue weighted by atomic mass is 16.7. The van der Waals surface area contributed by atoms with Crippen molar-refractivity contribution in [2.75, 3.05) is 6.61 Å². The molecule has 19 heavy (non-hydrogen) atoms. The molecule has 1 fully saturated rings. The monoisotopic (exact) mass is 264 g/mol. The molecule has 1 aliphatic heterocycles. The fourth-order valence-corrected chi connectivity index (χ4v) is 2.17. The van der Waals surface area contributed by atoms with Gasteiger partial charge >= 0.3 is 0 Å². The van der Waals surface area contributed by atoms with E-state index in [0.29, 0.717) is 13.0 Å².